The second kappa shape index (κ2) is 5.27. The Labute approximate surface area is 114 Å². The third-order valence-corrected chi connectivity index (χ3v) is 2.93. The van der Waals surface area contributed by atoms with Gasteiger partial charge in [0.05, 0.1) is 0 Å². The van der Waals surface area contributed by atoms with E-state index in [2.05, 4.69) is 17.4 Å². The van der Waals surface area contributed by atoms with E-state index in [-0.39, 0.29) is 11.3 Å². The molecule has 19 heavy (non-hydrogen) atoms. The first-order valence-electron chi connectivity index (χ1n) is 6.44. The molecule has 0 heterocycles. The van der Waals surface area contributed by atoms with Crippen molar-refractivity contribution in [2.75, 3.05) is 5.32 Å². The van der Waals surface area contributed by atoms with Crippen molar-refractivity contribution in [1.29, 1.82) is 0 Å². The predicted molar refractivity (Wildman–Crippen MR) is 80.0 cm³/mol. The maximum atomic E-state index is 11.9. The molecule has 2 aromatic carbocycles. The van der Waals surface area contributed by atoms with Crippen LogP contribution in [-0.2, 0) is 4.79 Å². The van der Waals surface area contributed by atoms with E-state index in [9.17, 15) is 4.79 Å². The fourth-order valence-corrected chi connectivity index (χ4v) is 1.70. The van der Waals surface area contributed by atoms with Crippen molar-refractivity contribution in [2.24, 2.45) is 5.41 Å². The van der Waals surface area contributed by atoms with Crippen molar-refractivity contribution >= 4 is 11.6 Å². The molecule has 2 aromatic rings. The Morgan fingerprint density at radius 3 is 1.89 bits per heavy atom. The molecule has 98 valence electrons. The molecule has 0 saturated carbocycles. The van der Waals surface area contributed by atoms with Gasteiger partial charge < -0.3 is 5.32 Å². The quantitative estimate of drug-likeness (QED) is 0.847. The molecule has 0 spiro atoms. The lowest BCUT2D eigenvalue weighted by Gasteiger charge is -2.17. The van der Waals surface area contributed by atoms with E-state index in [4.69, 9.17) is 0 Å². The molecule has 0 atom stereocenters. The van der Waals surface area contributed by atoms with Gasteiger partial charge in [-0.1, -0.05) is 63.2 Å². The fourth-order valence-electron chi connectivity index (χ4n) is 1.70. The topological polar surface area (TPSA) is 29.1 Å². The van der Waals surface area contributed by atoms with Gasteiger partial charge in [0, 0.05) is 11.1 Å². The Morgan fingerprint density at radius 2 is 1.37 bits per heavy atom. The van der Waals surface area contributed by atoms with Gasteiger partial charge in [0.25, 0.3) is 0 Å². The standard InChI is InChI=1S/C17H19NO/c1-17(2,3)16(19)18-15-11-9-14(10-12-15)13-7-5-4-6-8-13/h4-12H,1-3H3,(H,18,19). The van der Waals surface area contributed by atoms with Gasteiger partial charge in [0.15, 0.2) is 0 Å². The van der Waals surface area contributed by atoms with Gasteiger partial charge in [0.2, 0.25) is 5.91 Å². The van der Waals surface area contributed by atoms with Crippen LogP contribution in [0.15, 0.2) is 54.6 Å². The number of nitrogens with one attached hydrogen (secondary N) is 1. The number of carbonyl (C=O) groups is 1. The first-order chi connectivity index (χ1) is 8.97. The summed E-state index contributed by atoms with van der Waals surface area (Å²) in [6.45, 7) is 5.71. The maximum Gasteiger partial charge on any atom is 0.229 e. The number of carbonyl (C=O) groups excluding carboxylic acids is 1. The molecule has 0 aliphatic carbocycles. The molecule has 0 aliphatic rings. The summed E-state index contributed by atoms with van der Waals surface area (Å²) in [6, 6.07) is 18.1. The van der Waals surface area contributed by atoms with Gasteiger partial charge in [-0.05, 0) is 23.3 Å². The summed E-state index contributed by atoms with van der Waals surface area (Å²) in [5.41, 5.74) is 2.78. The first-order valence-corrected chi connectivity index (χ1v) is 6.44. The Kier molecular flexibility index (Phi) is 3.70. The Morgan fingerprint density at radius 1 is 0.842 bits per heavy atom. The van der Waals surface area contributed by atoms with Gasteiger partial charge in [-0.2, -0.15) is 0 Å². The zero-order valence-corrected chi connectivity index (χ0v) is 11.6. The van der Waals surface area contributed by atoms with Crippen LogP contribution >= 0.6 is 0 Å². The lowest BCUT2D eigenvalue weighted by molar-refractivity contribution is -0.123. The molecule has 0 unspecified atom stereocenters. The van der Waals surface area contributed by atoms with E-state index in [1.165, 1.54) is 5.56 Å². The molecule has 0 fully saturated rings. The summed E-state index contributed by atoms with van der Waals surface area (Å²) < 4.78 is 0. The number of rotatable bonds is 2. The van der Waals surface area contributed by atoms with Gasteiger partial charge in [-0.25, -0.2) is 0 Å². The van der Waals surface area contributed by atoms with Crippen LogP contribution in [-0.4, -0.2) is 5.91 Å². The van der Waals surface area contributed by atoms with E-state index >= 15 is 0 Å². The molecule has 2 heteroatoms. The third kappa shape index (κ3) is 3.44. The van der Waals surface area contributed by atoms with E-state index in [1.54, 1.807) is 0 Å². The fraction of sp³-hybridized carbons (Fsp3) is 0.235. The van der Waals surface area contributed by atoms with Crippen LogP contribution in [0.3, 0.4) is 0 Å². The molecule has 0 aromatic heterocycles. The smallest absolute Gasteiger partial charge is 0.229 e. The van der Waals surface area contributed by atoms with Gasteiger partial charge in [0.1, 0.15) is 0 Å². The average molecular weight is 253 g/mol. The zero-order valence-electron chi connectivity index (χ0n) is 11.6. The minimum atomic E-state index is -0.377. The SMILES string of the molecule is CC(C)(C)C(=O)Nc1ccc(-c2ccccc2)cc1. The summed E-state index contributed by atoms with van der Waals surface area (Å²) in [5, 5.41) is 2.92. The van der Waals surface area contributed by atoms with Crippen molar-refractivity contribution in [3.63, 3.8) is 0 Å². The third-order valence-electron chi connectivity index (χ3n) is 2.93. The van der Waals surface area contributed by atoms with E-state index < -0.39 is 0 Å². The molecule has 0 bridgehead atoms. The Balaban J connectivity index is 2.14. The second-order valence-corrected chi connectivity index (χ2v) is 5.65. The van der Waals surface area contributed by atoms with Gasteiger partial charge >= 0.3 is 0 Å². The van der Waals surface area contributed by atoms with Crippen molar-refractivity contribution in [2.45, 2.75) is 20.8 Å². The van der Waals surface area contributed by atoms with Crippen molar-refractivity contribution in [3.8, 4) is 11.1 Å². The Bertz CT molecular complexity index is 550. The highest BCUT2D eigenvalue weighted by atomic mass is 16.2. The second-order valence-electron chi connectivity index (χ2n) is 5.65. The molecular weight excluding hydrogens is 234 g/mol. The molecule has 2 rings (SSSR count). The number of anilines is 1. The molecule has 1 amide bonds. The van der Waals surface area contributed by atoms with Gasteiger partial charge in [-0.15, -0.1) is 0 Å². The first kappa shape index (κ1) is 13.3. The van der Waals surface area contributed by atoms with Crippen molar-refractivity contribution in [3.05, 3.63) is 54.6 Å². The lowest BCUT2D eigenvalue weighted by atomic mass is 9.95. The van der Waals surface area contributed by atoms with Crippen LogP contribution in [0.1, 0.15) is 20.8 Å². The molecule has 0 aliphatic heterocycles. The van der Waals surface area contributed by atoms with Crippen LogP contribution in [0.2, 0.25) is 0 Å². The summed E-state index contributed by atoms with van der Waals surface area (Å²) in [6.07, 6.45) is 0. The molecule has 2 nitrogen and oxygen atoms in total. The highest BCUT2D eigenvalue weighted by molar-refractivity contribution is 5.94. The predicted octanol–water partition coefficient (Wildman–Crippen LogP) is 4.34. The van der Waals surface area contributed by atoms with Crippen molar-refractivity contribution < 1.29 is 4.79 Å². The molecule has 1 N–H and O–H groups in total. The number of benzene rings is 2. The van der Waals surface area contributed by atoms with E-state index in [0.29, 0.717) is 0 Å². The molecule has 0 saturated heterocycles. The highest BCUT2D eigenvalue weighted by Gasteiger charge is 2.20. The van der Waals surface area contributed by atoms with E-state index in [0.717, 1.165) is 11.3 Å². The maximum absolute atomic E-state index is 11.9. The zero-order chi connectivity index (χ0) is 13.9. The van der Waals surface area contributed by atoms with E-state index in [1.807, 2.05) is 63.2 Å². The minimum Gasteiger partial charge on any atom is -0.326 e. The highest BCUT2D eigenvalue weighted by Crippen LogP contribution is 2.22. The summed E-state index contributed by atoms with van der Waals surface area (Å²) in [4.78, 5) is 11.9. The van der Waals surface area contributed by atoms with Crippen LogP contribution in [0, 0.1) is 5.41 Å². The largest absolute Gasteiger partial charge is 0.326 e. The monoisotopic (exact) mass is 253 g/mol. The molecule has 0 radical (unpaired) electrons. The number of hydrogen-bond donors (Lipinski definition) is 1. The van der Waals surface area contributed by atoms with Crippen LogP contribution < -0.4 is 5.32 Å². The van der Waals surface area contributed by atoms with Crippen LogP contribution in [0.4, 0.5) is 5.69 Å². The number of hydrogen-bond acceptors (Lipinski definition) is 1. The summed E-state index contributed by atoms with van der Waals surface area (Å²) >= 11 is 0. The lowest BCUT2D eigenvalue weighted by Crippen LogP contribution is -2.27. The van der Waals surface area contributed by atoms with Crippen molar-refractivity contribution in [1.82, 2.24) is 0 Å². The van der Waals surface area contributed by atoms with Crippen LogP contribution in [0.25, 0.3) is 11.1 Å². The summed E-state index contributed by atoms with van der Waals surface area (Å²) in [7, 11) is 0. The normalized spacial score (nSPS) is 11.1. The van der Waals surface area contributed by atoms with Gasteiger partial charge in [-0.3, -0.25) is 4.79 Å². The minimum absolute atomic E-state index is 0.0277. The molecular formula is C17H19NO. The average Bonchev–Trinajstić information content (AvgIpc) is 2.39. The Hall–Kier alpha value is -2.09. The number of amides is 1. The summed E-state index contributed by atoms with van der Waals surface area (Å²) in [5.74, 6) is 0.0277. The van der Waals surface area contributed by atoms with Crippen LogP contribution in [0.5, 0.6) is 0 Å².